The number of nitrogens with one attached hydrogen (secondary N) is 1. The molecule has 2 aromatic carbocycles. The van der Waals surface area contributed by atoms with Crippen LogP contribution in [0.5, 0.6) is 5.75 Å². The molecule has 2 N–H and O–H groups in total. The molecule has 0 unspecified atom stereocenters. The lowest BCUT2D eigenvalue weighted by Gasteiger charge is -2.46. The second kappa shape index (κ2) is 8.54. The van der Waals surface area contributed by atoms with Crippen LogP contribution in [0, 0.1) is 11.2 Å². The van der Waals surface area contributed by atoms with E-state index in [1.54, 1.807) is 18.2 Å². The van der Waals surface area contributed by atoms with Gasteiger partial charge in [-0.2, -0.15) is 0 Å². The quantitative estimate of drug-likeness (QED) is 0.678. The van der Waals surface area contributed by atoms with Crippen LogP contribution < -0.4 is 10.1 Å². The smallest absolute Gasteiger partial charge is 0.317 e. The minimum Gasteiger partial charge on any atom is -0.490 e. The van der Waals surface area contributed by atoms with Crippen LogP contribution in [-0.2, 0) is 11.3 Å². The van der Waals surface area contributed by atoms with Crippen LogP contribution in [0.2, 0.25) is 0 Å². The van der Waals surface area contributed by atoms with Crippen molar-refractivity contribution in [3.8, 4) is 16.9 Å². The van der Waals surface area contributed by atoms with Gasteiger partial charge in [-0.3, -0.25) is 4.79 Å². The molecule has 0 amide bonds. The van der Waals surface area contributed by atoms with Crippen molar-refractivity contribution in [1.82, 2.24) is 5.32 Å². The normalized spacial score (nSPS) is 18.4. The van der Waals surface area contributed by atoms with Gasteiger partial charge < -0.3 is 15.2 Å². The summed E-state index contributed by atoms with van der Waals surface area (Å²) in [5.41, 5.74) is 2.38. The number of benzene rings is 2. The second-order valence-corrected chi connectivity index (χ2v) is 8.47. The average Bonchev–Trinajstić information content (AvgIpc) is 2.69. The first kappa shape index (κ1) is 19.9. The third-order valence-electron chi connectivity index (χ3n) is 6.55. The Morgan fingerprint density at radius 2 is 1.83 bits per heavy atom. The van der Waals surface area contributed by atoms with Gasteiger partial charge in [-0.25, -0.2) is 4.39 Å². The minimum atomic E-state index is -0.960. The number of halogens is 1. The Balaban J connectivity index is 1.38. The zero-order chi connectivity index (χ0) is 20.3. The molecule has 0 aromatic heterocycles. The predicted octanol–water partition coefficient (Wildman–Crippen LogP) is 5.16. The van der Waals surface area contributed by atoms with E-state index in [-0.39, 0.29) is 25.0 Å². The average molecular weight is 397 g/mol. The van der Waals surface area contributed by atoms with Crippen molar-refractivity contribution in [1.29, 1.82) is 0 Å². The highest BCUT2D eigenvalue weighted by molar-refractivity contribution is 5.69. The Bertz CT molecular complexity index is 851. The van der Waals surface area contributed by atoms with Gasteiger partial charge in [0.1, 0.15) is 11.6 Å². The van der Waals surface area contributed by atoms with E-state index in [9.17, 15) is 9.18 Å². The lowest BCUT2D eigenvalue weighted by molar-refractivity contribution is -0.136. The van der Waals surface area contributed by atoms with Gasteiger partial charge in [0.15, 0.2) is 0 Å². The molecule has 0 atom stereocenters. The van der Waals surface area contributed by atoms with Crippen molar-refractivity contribution < 1.29 is 19.0 Å². The zero-order valence-electron chi connectivity index (χ0n) is 16.6. The van der Waals surface area contributed by atoms with Crippen molar-refractivity contribution >= 4 is 5.97 Å². The van der Waals surface area contributed by atoms with E-state index in [1.165, 1.54) is 32.1 Å². The first-order chi connectivity index (χ1) is 14.0. The Morgan fingerprint density at radius 1 is 1.10 bits per heavy atom. The molecular weight excluding hydrogens is 369 g/mol. The number of ether oxygens (including phenoxy) is 1. The Kier molecular flexibility index (Phi) is 5.86. The summed E-state index contributed by atoms with van der Waals surface area (Å²) in [6.45, 7) is -0.0195. The third kappa shape index (κ3) is 4.61. The third-order valence-corrected chi connectivity index (χ3v) is 6.55. The number of carboxylic acids is 1. The standard InChI is InChI=1S/C24H28FNO3/c25-23-18(15-26-16-22(27)28)3-1-4-21(23)17-5-7-19(8-6-17)29-20-9-13-24(14-10-20)11-2-12-24/h1,3-8,20,26H,2,9-16H2,(H,27,28). The van der Waals surface area contributed by atoms with Crippen molar-refractivity contribution in [2.24, 2.45) is 5.41 Å². The van der Waals surface area contributed by atoms with Gasteiger partial charge in [0.05, 0.1) is 12.6 Å². The van der Waals surface area contributed by atoms with Crippen LogP contribution in [0.3, 0.4) is 0 Å². The minimum absolute atomic E-state index is 0.177. The van der Waals surface area contributed by atoms with Gasteiger partial charge in [-0.15, -0.1) is 0 Å². The lowest BCUT2D eigenvalue weighted by atomic mass is 9.60. The highest BCUT2D eigenvalue weighted by Gasteiger charge is 2.40. The summed E-state index contributed by atoms with van der Waals surface area (Å²) >= 11 is 0. The molecule has 0 heterocycles. The fourth-order valence-electron chi connectivity index (χ4n) is 4.65. The highest BCUT2D eigenvalue weighted by Crippen LogP contribution is 2.51. The molecule has 2 fully saturated rings. The zero-order valence-corrected chi connectivity index (χ0v) is 16.6. The SMILES string of the molecule is O=C(O)CNCc1cccc(-c2ccc(OC3CCC4(CCC4)CC3)cc2)c1F. The second-order valence-electron chi connectivity index (χ2n) is 8.47. The summed E-state index contributed by atoms with van der Waals surface area (Å²) < 4.78 is 21.0. The molecule has 4 nitrogen and oxygen atoms in total. The number of aliphatic carboxylic acids is 1. The highest BCUT2D eigenvalue weighted by atomic mass is 19.1. The summed E-state index contributed by atoms with van der Waals surface area (Å²) in [5, 5.41) is 11.4. The molecule has 2 aliphatic carbocycles. The van der Waals surface area contributed by atoms with Crippen molar-refractivity contribution in [3.63, 3.8) is 0 Å². The fourth-order valence-corrected chi connectivity index (χ4v) is 4.65. The summed E-state index contributed by atoms with van der Waals surface area (Å²) in [6, 6.07) is 12.8. The molecule has 2 aliphatic rings. The van der Waals surface area contributed by atoms with E-state index >= 15 is 0 Å². The molecule has 0 aliphatic heterocycles. The number of hydrogen-bond acceptors (Lipinski definition) is 3. The van der Waals surface area contributed by atoms with E-state index in [0.717, 1.165) is 24.2 Å². The van der Waals surface area contributed by atoms with Crippen LogP contribution >= 0.6 is 0 Å². The molecule has 1 spiro atoms. The van der Waals surface area contributed by atoms with E-state index < -0.39 is 5.97 Å². The Labute approximate surface area is 171 Å². The molecule has 2 saturated carbocycles. The number of carboxylic acid groups (broad SMARTS) is 1. The van der Waals surface area contributed by atoms with Gasteiger partial charge in [-0.1, -0.05) is 36.8 Å². The summed E-state index contributed by atoms with van der Waals surface area (Å²) in [4.78, 5) is 10.6. The number of carbonyl (C=O) groups is 1. The molecule has 0 bridgehead atoms. The topological polar surface area (TPSA) is 58.6 Å². The molecule has 2 aromatic rings. The lowest BCUT2D eigenvalue weighted by Crippen LogP contribution is -2.37. The summed E-state index contributed by atoms with van der Waals surface area (Å²) in [7, 11) is 0. The van der Waals surface area contributed by atoms with E-state index in [2.05, 4.69) is 5.32 Å². The van der Waals surface area contributed by atoms with Gasteiger partial charge in [0.2, 0.25) is 0 Å². The van der Waals surface area contributed by atoms with Crippen molar-refractivity contribution in [2.45, 2.75) is 57.6 Å². The summed E-state index contributed by atoms with van der Waals surface area (Å²) in [6.07, 6.45) is 9.28. The Hall–Kier alpha value is -2.40. The van der Waals surface area contributed by atoms with Crippen molar-refractivity contribution in [2.75, 3.05) is 6.54 Å². The van der Waals surface area contributed by atoms with Crippen LogP contribution in [0.25, 0.3) is 11.1 Å². The first-order valence-electron chi connectivity index (χ1n) is 10.5. The van der Waals surface area contributed by atoms with Gasteiger partial charge in [0.25, 0.3) is 0 Å². The summed E-state index contributed by atoms with van der Waals surface area (Å²) in [5.74, 6) is -0.446. The fraction of sp³-hybridized carbons (Fsp3) is 0.458. The molecule has 154 valence electrons. The largest absolute Gasteiger partial charge is 0.490 e. The maximum atomic E-state index is 14.8. The maximum absolute atomic E-state index is 14.8. The van der Waals surface area contributed by atoms with E-state index in [0.29, 0.717) is 16.5 Å². The van der Waals surface area contributed by atoms with Crippen molar-refractivity contribution in [3.05, 3.63) is 53.8 Å². The van der Waals surface area contributed by atoms with Crippen LogP contribution in [0.15, 0.2) is 42.5 Å². The number of rotatable bonds is 7. The molecule has 29 heavy (non-hydrogen) atoms. The molecule has 5 heteroatoms. The van der Waals surface area contributed by atoms with Crippen LogP contribution in [-0.4, -0.2) is 23.7 Å². The van der Waals surface area contributed by atoms with Gasteiger partial charge in [-0.05, 0) is 61.6 Å². The van der Waals surface area contributed by atoms with E-state index in [4.69, 9.17) is 9.84 Å². The Morgan fingerprint density at radius 3 is 2.45 bits per heavy atom. The predicted molar refractivity (Wildman–Crippen MR) is 110 cm³/mol. The molecule has 0 saturated heterocycles. The molecule has 4 rings (SSSR count). The number of hydrogen-bond donors (Lipinski definition) is 2. The van der Waals surface area contributed by atoms with E-state index in [1.807, 2.05) is 24.3 Å². The monoisotopic (exact) mass is 397 g/mol. The molecular formula is C24H28FNO3. The van der Waals surface area contributed by atoms with Crippen LogP contribution in [0.4, 0.5) is 4.39 Å². The maximum Gasteiger partial charge on any atom is 0.317 e. The molecule has 0 radical (unpaired) electrons. The first-order valence-corrected chi connectivity index (χ1v) is 10.5. The van der Waals surface area contributed by atoms with Gasteiger partial charge in [0, 0.05) is 17.7 Å². The van der Waals surface area contributed by atoms with Crippen LogP contribution in [0.1, 0.15) is 50.5 Å². The van der Waals surface area contributed by atoms with Gasteiger partial charge >= 0.3 is 5.97 Å².